The minimum atomic E-state index is -0.569. The van der Waals surface area contributed by atoms with Gasteiger partial charge in [-0.05, 0) is 30.5 Å². The summed E-state index contributed by atoms with van der Waals surface area (Å²) in [5.41, 5.74) is 2.95. The van der Waals surface area contributed by atoms with Crippen molar-refractivity contribution in [2.45, 2.75) is 38.6 Å². The molecule has 0 spiro atoms. The van der Waals surface area contributed by atoms with Crippen LogP contribution in [0.15, 0.2) is 60.3 Å². The van der Waals surface area contributed by atoms with Crippen LogP contribution in [0.5, 0.6) is 0 Å². The molecule has 2 aliphatic rings. The molecule has 0 unspecified atom stereocenters. The SMILES string of the molecule is CCCC(=O)N1c2ccccc2NC2=CCCC(=O)[C@H]2[C@H]1c1ccc([N+](=O)[O-])cc1. The van der Waals surface area contributed by atoms with Crippen molar-refractivity contribution < 1.29 is 14.5 Å². The third-order valence-corrected chi connectivity index (χ3v) is 5.65. The number of carbonyl (C=O) groups excluding carboxylic acids is 2. The largest absolute Gasteiger partial charge is 0.357 e. The maximum atomic E-state index is 13.3. The van der Waals surface area contributed by atoms with E-state index in [-0.39, 0.29) is 17.4 Å². The number of nitro groups is 1. The monoisotopic (exact) mass is 405 g/mol. The Bertz CT molecular complexity index is 1030. The molecular weight excluding hydrogens is 382 g/mol. The molecule has 7 nitrogen and oxygen atoms in total. The van der Waals surface area contributed by atoms with Crippen LogP contribution < -0.4 is 10.2 Å². The third kappa shape index (κ3) is 3.47. The maximum Gasteiger partial charge on any atom is 0.269 e. The summed E-state index contributed by atoms with van der Waals surface area (Å²) in [6.45, 7) is 1.94. The average Bonchev–Trinajstić information content (AvgIpc) is 2.89. The predicted octanol–water partition coefficient (Wildman–Crippen LogP) is 4.76. The Morgan fingerprint density at radius 1 is 1.20 bits per heavy atom. The zero-order chi connectivity index (χ0) is 21.3. The van der Waals surface area contributed by atoms with Crippen molar-refractivity contribution in [2.75, 3.05) is 10.2 Å². The van der Waals surface area contributed by atoms with E-state index < -0.39 is 16.9 Å². The Labute approximate surface area is 174 Å². The van der Waals surface area contributed by atoms with Crippen molar-refractivity contribution in [1.82, 2.24) is 0 Å². The number of nitro benzene ring substituents is 1. The first kappa shape index (κ1) is 19.8. The number of benzene rings is 2. The molecule has 0 radical (unpaired) electrons. The van der Waals surface area contributed by atoms with E-state index in [9.17, 15) is 19.7 Å². The zero-order valence-corrected chi connectivity index (χ0v) is 16.7. The highest BCUT2D eigenvalue weighted by Crippen LogP contribution is 2.46. The average molecular weight is 405 g/mol. The molecule has 2 atom stereocenters. The van der Waals surface area contributed by atoms with Gasteiger partial charge < -0.3 is 10.2 Å². The number of ketones is 1. The Morgan fingerprint density at radius 2 is 1.93 bits per heavy atom. The maximum absolute atomic E-state index is 13.3. The van der Waals surface area contributed by atoms with Gasteiger partial charge in [-0.2, -0.15) is 0 Å². The Kier molecular flexibility index (Phi) is 5.35. The quantitative estimate of drug-likeness (QED) is 0.585. The van der Waals surface area contributed by atoms with Crippen LogP contribution in [-0.2, 0) is 9.59 Å². The molecule has 1 aliphatic carbocycles. The molecule has 0 fully saturated rings. The number of hydrogen-bond acceptors (Lipinski definition) is 5. The third-order valence-electron chi connectivity index (χ3n) is 5.65. The number of anilines is 2. The molecule has 2 aromatic carbocycles. The zero-order valence-electron chi connectivity index (χ0n) is 16.7. The van der Waals surface area contributed by atoms with E-state index >= 15 is 0 Å². The number of allylic oxidation sites excluding steroid dienone is 1. The fourth-order valence-electron chi connectivity index (χ4n) is 4.30. The highest BCUT2D eigenvalue weighted by Gasteiger charge is 2.43. The van der Waals surface area contributed by atoms with Crippen LogP contribution >= 0.6 is 0 Å². The molecule has 2 aromatic rings. The standard InChI is InChI=1S/C23H23N3O4/c1-2-6-21(28)25-19-9-4-3-7-17(19)24-18-8-5-10-20(27)22(18)23(25)15-11-13-16(14-12-15)26(29)30/h3-4,7-9,11-14,22-24H,2,5-6,10H2,1H3/t22-,23+/m0/s1. The second-order valence-electron chi connectivity index (χ2n) is 7.59. The van der Waals surface area contributed by atoms with Gasteiger partial charge in [-0.3, -0.25) is 19.7 Å². The predicted molar refractivity (Wildman–Crippen MR) is 114 cm³/mol. The lowest BCUT2D eigenvalue weighted by atomic mass is 9.81. The van der Waals surface area contributed by atoms with Gasteiger partial charge in [-0.15, -0.1) is 0 Å². The topological polar surface area (TPSA) is 92.6 Å². The fourth-order valence-corrected chi connectivity index (χ4v) is 4.30. The van der Waals surface area contributed by atoms with Crippen molar-refractivity contribution in [1.29, 1.82) is 0 Å². The van der Waals surface area contributed by atoms with Crippen LogP contribution in [0.25, 0.3) is 0 Å². The van der Waals surface area contributed by atoms with Crippen molar-refractivity contribution in [3.05, 3.63) is 76.0 Å². The molecule has 4 rings (SSSR count). The van der Waals surface area contributed by atoms with Crippen molar-refractivity contribution in [3.63, 3.8) is 0 Å². The van der Waals surface area contributed by atoms with E-state index in [1.165, 1.54) is 12.1 Å². The minimum Gasteiger partial charge on any atom is -0.357 e. The summed E-state index contributed by atoms with van der Waals surface area (Å²) in [4.78, 5) is 38.8. The number of amides is 1. The number of nitrogens with one attached hydrogen (secondary N) is 1. The number of hydrogen-bond donors (Lipinski definition) is 1. The highest BCUT2D eigenvalue weighted by atomic mass is 16.6. The molecule has 1 heterocycles. The van der Waals surface area contributed by atoms with Gasteiger partial charge in [0.2, 0.25) is 5.91 Å². The van der Waals surface area contributed by atoms with Gasteiger partial charge in [0.25, 0.3) is 5.69 Å². The molecule has 0 bridgehead atoms. The van der Waals surface area contributed by atoms with Crippen LogP contribution in [0.4, 0.5) is 17.1 Å². The van der Waals surface area contributed by atoms with Crippen LogP contribution in [-0.4, -0.2) is 16.6 Å². The minimum absolute atomic E-state index is 0.0249. The highest BCUT2D eigenvalue weighted by molar-refractivity contribution is 6.01. The smallest absolute Gasteiger partial charge is 0.269 e. The van der Waals surface area contributed by atoms with E-state index in [1.54, 1.807) is 17.0 Å². The molecule has 0 saturated heterocycles. The number of Topliss-reactive ketones (excluding diaryl/α,β-unsaturated/α-hetero) is 1. The number of nitrogens with zero attached hydrogens (tertiary/aromatic N) is 2. The number of para-hydroxylation sites is 2. The van der Waals surface area contributed by atoms with Crippen molar-refractivity contribution in [2.24, 2.45) is 5.92 Å². The summed E-state index contributed by atoms with van der Waals surface area (Å²) < 4.78 is 0. The van der Waals surface area contributed by atoms with Crippen LogP contribution in [0.3, 0.4) is 0 Å². The number of non-ortho nitro benzene ring substituents is 1. The first-order chi connectivity index (χ1) is 14.5. The molecule has 0 saturated carbocycles. The second-order valence-corrected chi connectivity index (χ2v) is 7.59. The molecule has 1 aliphatic heterocycles. The van der Waals surface area contributed by atoms with E-state index in [0.717, 1.165) is 11.4 Å². The van der Waals surface area contributed by atoms with Crippen molar-refractivity contribution >= 4 is 28.8 Å². The van der Waals surface area contributed by atoms with Gasteiger partial charge in [0.05, 0.1) is 28.3 Å². The molecule has 1 amide bonds. The Morgan fingerprint density at radius 3 is 2.63 bits per heavy atom. The number of fused-ring (bicyclic) bond motifs is 2. The summed E-state index contributed by atoms with van der Waals surface area (Å²) in [7, 11) is 0. The van der Waals surface area contributed by atoms with Crippen molar-refractivity contribution in [3.8, 4) is 0 Å². The fraction of sp³-hybridized carbons (Fsp3) is 0.304. The Hall–Kier alpha value is -3.48. The van der Waals surface area contributed by atoms with Gasteiger partial charge >= 0.3 is 0 Å². The van der Waals surface area contributed by atoms with E-state index in [2.05, 4.69) is 5.32 Å². The summed E-state index contributed by atoms with van der Waals surface area (Å²) in [5, 5.41) is 14.5. The Balaban J connectivity index is 1.93. The summed E-state index contributed by atoms with van der Waals surface area (Å²) in [6.07, 6.45) is 4.10. The summed E-state index contributed by atoms with van der Waals surface area (Å²) in [5.74, 6) is -0.561. The van der Waals surface area contributed by atoms with E-state index in [1.807, 2.05) is 37.3 Å². The van der Waals surface area contributed by atoms with Gasteiger partial charge in [0.15, 0.2) is 0 Å². The molecule has 0 aromatic heterocycles. The van der Waals surface area contributed by atoms with Crippen LogP contribution in [0, 0.1) is 16.0 Å². The van der Waals surface area contributed by atoms with Gasteiger partial charge in [0, 0.05) is 30.7 Å². The first-order valence-electron chi connectivity index (χ1n) is 10.2. The number of carbonyl (C=O) groups is 2. The molecule has 7 heteroatoms. The van der Waals surface area contributed by atoms with Crippen LogP contribution in [0.2, 0.25) is 0 Å². The van der Waals surface area contributed by atoms with Crippen LogP contribution in [0.1, 0.15) is 44.2 Å². The normalized spacial score (nSPS) is 20.4. The summed E-state index contributed by atoms with van der Waals surface area (Å²) >= 11 is 0. The lowest BCUT2D eigenvalue weighted by Crippen LogP contribution is -2.41. The van der Waals surface area contributed by atoms with Gasteiger partial charge in [-0.25, -0.2) is 0 Å². The van der Waals surface area contributed by atoms with Gasteiger partial charge in [0.1, 0.15) is 5.78 Å². The number of rotatable bonds is 4. The van der Waals surface area contributed by atoms with E-state index in [0.29, 0.717) is 36.9 Å². The molecular formula is C23H23N3O4. The lowest BCUT2D eigenvalue weighted by molar-refractivity contribution is -0.384. The lowest BCUT2D eigenvalue weighted by Gasteiger charge is -2.36. The first-order valence-corrected chi connectivity index (χ1v) is 10.2. The van der Waals surface area contributed by atoms with Gasteiger partial charge in [-0.1, -0.05) is 37.3 Å². The van der Waals surface area contributed by atoms with E-state index in [4.69, 9.17) is 0 Å². The summed E-state index contributed by atoms with van der Waals surface area (Å²) in [6, 6.07) is 13.1. The molecule has 1 N–H and O–H groups in total. The second kappa shape index (κ2) is 8.10. The molecule has 154 valence electrons. The molecule has 30 heavy (non-hydrogen) atoms.